The summed E-state index contributed by atoms with van der Waals surface area (Å²) >= 11 is 0. The number of hydrogen-bond donors (Lipinski definition) is 0. The van der Waals surface area contributed by atoms with Gasteiger partial charge in [-0.3, -0.25) is 0 Å². The SMILES string of the molecule is O=NOCON=O. The van der Waals surface area contributed by atoms with Crippen molar-refractivity contribution < 1.29 is 9.68 Å². The van der Waals surface area contributed by atoms with E-state index in [4.69, 9.17) is 9.81 Å². The summed E-state index contributed by atoms with van der Waals surface area (Å²) in [7, 11) is 0. The molecule has 0 aliphatic rings. The molecule has 0 N–H and O–H groups in total. The van der Waals surface area contributed by atoms with Crippen molar-refractivity contribution in [3.8, 4) is 0 Å². The molecule has 0 aromatic heterocycles. The Balaban J connectivity index is 2.68. The fraction of sp³-hybridized carbons (Fsp3) is 1.00. The molecule has 0 atom stereocenters. The lowest BCUT2D eigenvalue weighted by Gasteiger charge is -1.84. The monoisotopic (exact) mass is 106 g/mol. The van der Waals surface area contributed by atoms with E-state index in [2.05, 4.69) is 9.68 Å². The molecule has 0 amide bonds. The third kappa shape index (κ3) is 4.80. The number of nitrogens with zero attached hydrogens (tertiary/aromatic N) is 2. The number of rotatable bonds is 4. The average Bonchev–Trinajstić information content (AvgIpc) is 1.69. The summed E-state index contributed by atoms with van der Waals surface area (Å²) in [5.41, 5.74) is 0. The van der Waals surface area contributed by atoms with Gasteiger partial charge in [-0.2, -0.15) is 0 Å². The summed E-state index contributed by atoms with van der Waals surface area (Å²) in [6.45, 7) is -0.521. The summed E-state index contributed by atoms with van der Waals surface area (Å²) in [5, 5.41) is 3.80. The Bertz CT molecular complexity index is 54.7. The highest BCUT2D eigenvalue weighted by molar-refractivity contribution is 4.00. The van der Waals surface area contributed by atoms with Crippen LogP contribution in [0.25, 0.3) is 0 Å². The summed E-state index contributed by atoms with van der Waals surface area (Å²) < 4.78 is 0. The van der Waals surface area contributed by atoms with Crippen molar-refractivity contribution in [1.29, 1.82) is 0 Å². The lowest BCUT2D eigenvalue weighted by molar-refractivity contribution is -0.0544. The molecule has 0 saturated carbocycles. The fourth-order valence-electron chi connectivity index (χ4n) is 0.0666. The van der Waals surface area contributed by atoms with Gasteiger partial charge in [-0.1, -0.05) is 0 Å². The van der Waals surface area contributed by atoms with E-state index in [1.807, 2.05) is 10.7 Å². The van der Waals surface area contributed by atoms with Gasteiger partial charge in [0.25, 0.3) is 6.79 Å². The normalized spacial score (nSPS) is 6.86. The molecule has 6 nitrogen and oxygen atoms in total. The van der Waals surface area contributed by atoms with Crippen LogP contribution >= 0.6 is 0 Å². The molecule has 0 bridgehead atoms. The first-order chi connectivity index (χ1) is 3.41. The Labute approximate surface area is 38.3 Å². The average molecular weight is 106 g/mol. The molecule has 40 valence electrons. The quantitative estimate of drug-likeness (QED) is 0.224. The van der Waals surface area contributed by atoms with Crippen molar-refractivity contribution in [3.05, 3.63) is 9.81 Å². The Morgan fingerprint density at radius 1 is 1.14 bits per heavy atom. The van der Waals surface area contributed by atoms with Gasteiger partial charge in [-0.25, -0.2) is 0 Å². The second kappa shape index (κ2) is 4.80. The number of hydrogen-bond acceptors (Lipinski definition) is 6. The zero-order chi connectivity index (χ0) is 5.54. The van der Waals surface area contributed by atoms with Gasteiger partial charge in [0.1, 0.15) is 0 Å². The van der Waals surface area contributed by atoms with Gasteiger partial charge in [-0.05, 0) is 0 Å². The van der Waals surface area contributed by atoms with E-state index in [-0.39, 0.29) is 0 Å². The first-order valence-corrected chi connectivity index (χ1v) is 1.31. The van der Waals surface area contributed by atoms with Crippen LogP contribution in [0.15, 0.2) is 10.7 Å². The lowest BCUT2D eigenvalue weighted by atomic mass is 11.5. The Morgan fingerprint density at radius 2 is 1.57 bits per heavy atom. The molecule has 0 spiro atoms. The van der Waals surface area contributed by atoms with Crippen LogP contribution < -0.4 is 0 Å². The Hall–Kier alpha value is -1.20. The highest BCUT2D eigenvalue weighted by atomic mass is 16.9. The van der Waals surface area contributed by atoms with Crippen LogP contribution in [0, 0.1) is 9.81 Å². The minimum absolute atomic E-state index is 0.521. The molecule has 0 saturated heterocycles. The van der Waals surface area contributed by atoms with Gasteiger partial charge in [0.05, 0.1) is 0 Å². The zero-order valence-electron chi connectivity index (χ0n) is 3.23. The first-order valence-electron chi connectivity index (χ1n) is 1.31. The highest BCUT2D eigenvalue weighted by Crippen LogP contribution is 1.75. The smallest absolute Gasteiger partial charge is 0.287 e. The largest absolute Gasteiger partial charge is 0.319 e. The molecule has 6 heteroatoms. The van der Waals surface area contributed by atoms with E-state index in [9.17, 15) is 0 Å². The predicted molar refractivity (Wildman–Crippen MR) is 18.6 cm³/mol. The zero-order valence-corrected chi connectivity index (χ0v) is 3.23. The second-order valence-electron chi connectivity index (χ2n) is 0.525. The van der Waals surface area contributed by atoms with Crippen molar-refractivity contribution in [2.45, 2.75) is 0 Å². The third-order valence-electron chi connectivity index (χ3n) is 0.211. The molecule has 0 aliphatic heterocycles. The van der Waals surface area contributed by atoms with Crippen LogP contribution in [-0.4, -0.2) is 6.79 Å². The fourth-order valence-corrected chi connectivity index (χ4v) is 0.0666. The third-order valence-corrected chi connectivity index (χ3v) is 0.211. The van der Waals surface area contributed by atoms with Gasteiger partial charge in [0.15, 0.2) is 10.7 Å². The minimum Gasteiger partial charge on any atom is -0.319 e. The molecular formula is CH2N2O4. The summed E-state index contributed by atoms with van der Waals surface area (Å²) in [6.07, 6.45) is 0. The molecule has 0 heterocycles. The van der Waals surface area contributed by atoms with Crippen molar-refractivity contribution in [2.75, 3.05) is 6.79 Å². The predicted octanol–water partition coefficient (Wildman–Crippen LogP) is 0.340. The van der Waals surface area contributed by atoms with Crippen LogP contribution in [0.2, 0.25) is 0 Å². The van der Waals surface area contributed by atoms with Gasteiger partial charge in [-0.15, -0.1) is 9.81 Å². The summed E-state index contributed by atoms with van der Waals surface area (Å²) in [4.78, 5) is 25.2. The molecule has 0 aromatic carbocycles. The molecule has 0 rings (SSSR count). The van der Waals surface area contributed by atoms with E-state index >= 15 is 0 Å². The summed E-state index contributed by atoms with van der Waals surface area (Å²) in [6, 6.07) is 0. The van der Waals surface area contributed by atoms with Crippen LogP contribution in [0.1, 0.15) is 0 Å². The van der Waals surface area contributed by atoms with Crippen molar-refractivity contribution in [2.24, 2.45) is 10.7 Å². The maximum absolute atomic E-state index is 8.98. The standard InChI is InChI=1S/CH2N2O4/c4-2-6-1-7-3-5/h1H2. The minimum atomic E-state index is -0.521. The van der Waals surface area contributed by atoms with Crippen LogP contribution in [-0.2, 0) is 9.68 Å². The summed E-state index contributed by atoms with van der Waals surface area (Å²) in [5.74, 6) is 0. The van der Waals surface area contributed by atoms with Crippen molar-refractivity contribution in [3.63, 3.8) is 0 Å². The van der Waals surface area contributed by atoms with E-state index in [0.717, 1.165) is 0 Å². The van der Waals surface area contributed by atoms with E-state index < -0.39 is 6.79 Å². The van der Waals surface area contributed by atoms with Gasteiger partial charge in [0, 0.05) is 0 Å². The maximum atomic E-state index is 8.98. The first kappa shape index (κ1) is 5.80. The highest BCUT2D eigenvalue weighted by Gasteiger charge is 1.77. The second-order valence-corrected chi connectivity index (χ2v) is 0.525. The van der Waals surface area contributed by atoms with Crippen molar-refractivity contribution >= 4 is 0 Å². The molecular weight excluding hydrogens is 104 g/mol. The van der Waals surface area contributed by atoms with E-state index in [1.54, 1.807) is 0 Å². The molecule has 0 radical (unpaired) electrons. The Kier molecular flexibility index (Phi) is 3.98. The molecule has 0 aromatic rings. The van der Waals surface area contributed by atoms with Crippen LogP contribution in [0.5, 0.6) is 0 Å². The molecule has 7 heavy (non-hydrogen) atoms. The molecule has 0 fully saturated rings. The van der Waals surface area contributed by atoms with E-state index in [0.29, 0.717) is 0 Å². The van der Waals surface area contributed by atoms with Gasteiger partial charge >= 0.3 is 0 Å². The van der Waals surface area contributed by atoms with Gasteiger partial charge < -0.3 is 9.68 Å². The van der Waals surface area contributed by atoms with Gasteiger partial charge in [0.2, 0.25) is 0 Å². The maximum Gasteiger partial charge on any atom is 0.287 e. The molecule has 0 unspecified atom stereocenters. The lowest BCUT2D eigenvalue weighted by Crippen LogP contribution is -1.85. The Morgan fingerprint density at radius 3 is 1.86 bits per heavy atom. The topological polar surface area (TPSA) is 77.3 Å². The van der Waals surface area contributed by atoms with Crippen molar-refractivity contribution in [1.82, 2.24) is 0 Å². The van der Waals surface area contributed by atoms with Crippen LogP contribution in [0.4, 0.5) is 0 Å². The molecule has 0 aliphatic carbocycles. The van der Waals surface area contributed by atoms with E-state index in [1.165, 1.54) is 0 Å². The van der Waals surface area contributed by atoms with Crippen LogP contribution in [0.3, 0.4) is 0 Å².